The molecule has 1 aromatic heterocycles. The lowest BCUT2D eigenvalue weighted by Crippen LogP contribution is -2.35. The predicted octanol–water partition coefficient (Wildman–Crippen LogP) is 2.51. The molecule has 1 atom stereocenters. The quantitative estimate of drug-likeness (QED) is 0.782. The van der Waals surface area contributed by atoms with Gasteiger partial charge >= 0.3 is 0 Å². The van der Waals surface area contributed by atoms with E-state index in [1.165, 1.54) is 4.88 Å². The van der Waals surface area contributed by atoms with Gasteiger partial charge in [0.1, 0.15) is 0 Å². The summed E-state index contributed by atoms with van der Waals surface area (Å²) in [7, 11) is 0. The van der Waals surface area contributed by atoms with Crippen LogP contribution in [0.15, 0.2) is 30.2 Å². The molecule has 0 fully saturated rings. The van der Waals surface area contributed by atoms with Gasteiger partial charge in [0.25, 0.3) is 0 Å². The Morgan fingerprint density at radius 1 is 1.67 bits per heavy atom. The summed E-state index contributed by atoms with van der Waals surface area (Å²) in [4.78, 5) is 3.69. The Labute approximate surface area is 102 Å². The van der Waals surface area contributed by atoms with Crippen LogP contribution in [0.1, 0.15) is 11.8 Å². The van der Waals surface area contributed by atoms with Crippen molar-refractivity contribution in [2.75, 3.05) is 13.1 Å². The van der Waals surface area contributed by atoms with Crippen molar-refractivity contribution in [1.29, 1.82) is 0 Å². The van der Waals surface area contributed by atoms with E-state index < -0.39 is 0 Å². The van der Waals surface area contributed by atoms with Gasteiger partial charge in [0.05, 0.1) is 0 Å². The SMILES string of the molecule is C=CCN(Cc1cccs1)CC(C)N.Cl. The Hall–Kier alpha value is -0.350. The molecular weight excluding hydrogens is 228 g/mol. The summed E-state index contributed by atoms with van der Waals surface area (Å²) in [5.41, 5.74) is 5.78. The average Bonchev–Trinajstić information content (AvgIpc) is 2.56. The zero-order chi connectivity index (χ0) is 10.4. The van der Waals surface area contributed by atoms with Gasteiger partial charge in [-0.2, -0.15) is 0 Å². The average molecular weight is 247 g/mol. The van der Waals surface area contributed by atoms with Crippen LogP contribution in [0.3, 0.4) is 0 Å². The van der Waals surface area contributed by atoms with Crippen molar-refractivity contribution >= 4 is 23.7 Å². The maximum Gasteiger partial charge on any atom is 0.0331 e. The number of halogens is 1. The van der Waals surface area contributed by atoms with Gasteiger partial charge in [-0.3, -0.25) is 4.90 Å². The van der Waals surface area contributed by atoms with Gasteiger partial charge in [0, 0.05) is 30.6 Å². The fourth-order valence-electron chi connectivity index (χ4n) is 1.42. The molecule has 0 aromatic carbocycles. The second kappa shape index (κ2) is 7.88. The first-order chi connectivity index (χ1) is 6.72. The highest BCUT2D eigenvalue weighted by molar-refractivity contribution is 7.09. The smallest absolute Gasteiger partial charge is 0.0331 e. The molecule has 2 nitrogen and oxygen atoms in total. The topological polar surface area (TPSA) is 29.3 Å². The van der Waals surface area contributed by atoms with Gasteiger partial charge in [-0.05, 0) is 18.4 Å². The van der Waals surface area contributed by atoms with E-state index in [-0.39, 0.29) is 18.4 Å². The first kappa shape index (κ1) is 14.6. The van der Waals surface area contributed by atoms with Crippen LogP contribution in [0.25, 0.3) is 0 Å². The lowest BCUT2D eigenvalue weighted by atomic mass is 10.3. The summed E-state index contributed by atoms with van der Waals surface area (Å²) in [6, 6.07) is 4.45. The van der Waals surface area contributed by atoms with Crippen molar-refractivity contribution in [1.82, 2.24) is 4.90 Å². The van der Waals surface area contributed by atoms with Gasteiger partial charge in [0.15, 0.2) is 0 Å². The summed E-state index contributed by atoms with van der Waals surface area (Å²) >= 11 is 1.79. The van der Waals surface area contributed by atoms with Crippen LogP contribution in [0.2, 0.25) is 0 Å². The molecule has 0 aliphatic carbocycles. The summed E-state index contributed by atoms with van der Waals surface area (Å²) in [5, 5.41) is 2.10. The summed E-state index contributed by atoms with van der Waals surface area (Å²) in [6.45, 7) is 8.59. The monoisotopic (exact) mass is 246 g/mol. The fourth-order valence-corrected chi connectivity index (χ4v) is 2.16. The zero-order valence-corrected chi connectivity index (χ0v) is 10.7. The van der Waals surface area contributed by atoms with Gasteiger partial charge in [-0.25, -0.2) is 0 Å². The Morgan fingerprint density at radius 3 is 2.87 bits per heavy atom. The molecule has 0 aliphatic heterocycles. The van der Waals surface area contributed by atoms with E-state index in [9.17, 15) is 0 Å². The Kier molecular flexibility index (Phi) is 7.70. The number of hydrogen-bond acceptors (Lipinski definition) is 3. The first-order valence-electron chi connectivity index (χ1n) is 4.83. The van der Waals surface area contributed by atoms with E-state index in [0.717, 1.165) is 19.6 Å². The maximum atomic E-state index is 5.78. The van der Waals surface area contributed by atoms with Crippen molar-refractivity contribution in [3.05, 3.63) is 35.0 Å². The largest absolute Gasteiger partial charge is 0.327 e. The third-order valence-electron chi connectivity index (χ3n) is 1.89. The third-order valence-corrected chi connectivity index (χ3v) is 2.75. The van der Waals surface area contributed by atoms with Crippen molar-refractivity contribution in [2.24, 2.45) is 5.73 Å². The van der Waals surface area contributed by atoms with Gasteiger partial charge < -0.3 is 5.73 Å². The molecule has 0 aliphatic rings. The van der Waals surface area contributed by atoms with Gasteiger partial charge in [-0.1, -0.05) is 12.1 Å². The van der Waals surface area contributed by atoms with Crippen LogP contribution in [0, 0.1) is 0 Å². The maximum absolute atomic E-state index is 5.78. The molecular formula is C11H19ClN2S. The molecule has 4 heteroatoms. The summed E-state index contributed by atoms with van der Waals surface area (Å²) < 4.78 is 0. The second-order valence-electron chi connectivity index (χ2n) is 3.54. The van der Waals surface area contributed by atoms with E-state index in [4.69, 9.17) is 5.73 Å². The molecule has 0 bridgehead atoms. The van der Waals surface area contributed by atoms with E-state index in [2.05, 4.69) is 29.0 Å². The molecule has 0 saturated heterocycles. The number of nitrogens with zero attached hydrogens (tertiary/aromatic N) is 1. The van der Waals surface area contributed by atoms with Crippen LogP contribution >= 0.6 is 23.7 Å². The summed E-state index contributed by atoms with van der Waals surface area (Å²) in [6.07, 6.45) is 1.93. The summed E-state index contributed by atoms with van der Waals surface area (Å²) in [5.74, 6) is 0. The lowest BCUT2D eigenvalue weighted by molar-refractivity contribution is 0.282. The van der Waals surface area contributed by atoms with Crippen molar-refractivity contribution in [3.63, 3.8) is 0 Å². The molecule has 1 aromatic rings. The van der Waals surface area contributed by atoms with Crippen molar-refractivity contribution < 1.29 is 0 Å². The fraction of sp³-hybridized carbons (Fsp3) is 0.455. The van der Waals surface area contributed by atoms with Crippen molar-refractivity contribution in [2.45, 2.75) is 19.5 Å². The molecule has 86 valence electrons. The van der Waals surface area contributed by atoms with Crippen LogP contribution in [0.4, 0.5) is 0 Å². The standard InChI is InChI=1S/C11H18N2S.ClH/c1-3-6-13(8-10(2)12)9-11-5-4-7-14-11;/h3-5,7,10H,1,6,8-9,12H2,2H3;1H. The Morgan fingerprint density at radius 2 is 2.40 bits per heavy atom. The molecule has 1 rings (SSSR count). The van der Waals surface area contributed by atoms with Crippen LogP contribution in [0.5, 0.6) is 0 Å². The number of nitrogens with two attached hydrogens (primary N) is 1. The molecule has 0 saturated carbocycles. The minimum atomic E-state index is 0. The van der Waals surface area contributed by atoms with Crippen LogP contribution in [-0.4, -0.2) is 24.0 Å². The van der Waals surface area contributed by atoms with Gasteiger partial charge in [0.2, 0.25) is 0 Å². The van der Waals surface area contributed by atoms with E-state index in [0.29, 0.717) is 0 Å². The highest BCUT2D eigenvalue weighted by Gasteiger charge is 2.06. The minimum absolute atomic E-state index is 0. The molecule has 1 unspecified atom stereocenters. The normalized spacial score (nSPS) is 12.2. The molecule has 0 radical (unpaired) electrons. The Bertz CT molecular complexity index is 260. The highest BCUT2D eigenvalue weighted by Crippen LogP contribution is 2.11. The van der Waals surface area contributed by atoms with Crippen LogP contribution in [-0.2, 0) is 6.54 Å². The van der Waals surface area contributed by atoms with Crippen LogP contribution < -0.4 is 5.73 Å². The second-order valence-corrected chi connectivity index (χ2v) is 4.57. The van der Waals surface area contributed by atoms with E-state index in [1.54, 1.807) is 11.3 Å². The van der Waals surface area contributed by atoms with E-state index in [1.807, 2.05) is 13.0 Å². The highest BCUT2D eigenvalue weighted by atomic mass is 35.5. The third kappa shape index (κ3) is 5.95. The lowest BCUT2D eigenvalue weighted by Gasteiger charge is -2.21. The zero-order valence-electron chi connectivity index (χ0n) is 9.06. The molecule has 15 heavy (non-hydrogen) atoms. The van der Waals surface area contributed by atoms with E-state index >= 15 is 0 Å². The molecule has 2 N–H and O–H groups in total. The molecule has 1 heterocycles. The Balaban J connectivity index is 0.00000196. The molecule has 0 amide bonds. The number of rotatable bonds is 6. The number of hydrogen-bond donors (Lipinski definition) is 1. The van der Waals surface area contributed by atoms with Crippen molar-refractivity contribution in [3.8, 4) is 0 Å². The number of thiophene rings is 1. The predicted molar refractivity (Wildman–Crippen MR) is 70.7 cm³/mol. The molecule has 0 spiro atoms. The minimum Gasteiger partial charge on any atom is -0.327 e. The van der Waals surface area contributed by atoms with Gasteiger partial charge in [-0.15, -0.1) is 30.3 Å². The first-order valence-corrected chi connectivity index (χ1v) is 5.71.